The fraction of sp³-hybridized carbons (Fsp3) is 0.0625. The number of aromatic amines is 1. The van der Waals surface area contributed by atoms with Crippen molar-refractivity contribution in [1.82, 2.24) is 15.0 Å². The highest BCUT2D eigenvalue weighted by molar-refractivity contribution is 7.98. The number of rotatable bonds is 6. The Morgan fingerprint density at radius 1 is 1.14 bits per heavy atom. The topological polar surface area (TPSA) is 156 Å². The fourth-order valence-corrected chi connectivity index (χ4v) is 3.47. The Morgan fingerprint density at radius 3 is 2.50 bits per heavy atom. The minimum atomic E-state index is -3.79. The first-order valence-electron chi connectivity index (χ1n) is 7.78. The lowest BCUT2D eigenvalue weighted by Gasteiger charge is -2.07. The number of aromatic nitrogens is 3. The number of sulfonamides is 1. The number of thioether (sulfide) groups is 1. The lowest BCUT2D eigenvalue weighted by atomic mass is 10.3. The molecule has 144 valence electrons. The van der Waals surface area contributed by atoms with Crippen LogP contribution in [0, 0.1) is 0 Å². The Kier molecular flexibility index (Phi) is 5.70. The van der Waals surface area contributed by atoms with E-state index in [2.05, 4.69) is 29.9 Å². The number of nitrogen functional groups attached to an aromatic ring is 1. The smallest absolute Gasteiger partial charge is 0.281 e. The van der Waals surface area contributed by atoms with Crippen LogP contribution in [0.5, 0.6) is 0 Å². The first kappa shape index (κ1) is 19.5. The molecule has 3 rings (SSSR count). The summed E-state index contributed by atoms with van der Waals surface area (Å²) in [6.07, 6.45) is 3.23. The molecule has 0 aliphatic rings. The normalized spacial score (nSPS) is 11.6. The van der Waals surface area contributed by atoms with Crippen molar-refractivity contribution in [2.45, 2.75) is 10.1 Å². The summed E-state index contributed by atoms with van der Waals surface area (Å²) >= 11 is 1.24. The fourth-order valence-electron chi connectivity index (χ4n) is 2.08. The van der Waals surface area contributed by atoms with Crippen molar-refractivity contribution in [3.63, 3.8) is 0 Å². The Bertz CT molecular complexity index is 1160. The standard InChI is InChI=1S/C16H15N7O3S2/c1-27-16-19-14(17)13(15(24)20-16)22-21-10-5-7-11(8-6-10)28(25,26)23-12-4-2-3-9-18-12/h2-9H,1H3,(H,18,23)(H3,17,19,20,24). The molecule has 0 aliphatic carbocycles. The number of azo groups is 1. The van der Waals surface area contributed by atoms with Gasteiger partial charge >= 0.3 is 0 Å². The molecule has 0 radical (unpaired) electrons. The maximum absolute atomic E-state index is 12.4. The molecule has 10 nitrogen and oxygen atoms in total. The van der Waals surface area contributed by atoms with E-state index >= 15 is 0 Å². The van der Waals surface area contributed by atoms with E-state index in [0.29, 0.717) is 10.8 Å². The Morgan fingerprint density at radius 2 is 1.89 bits per heavy atom. The second-order valence-corrected chi connectivity index (χ2v) is 7.80. The van der Waals surface area contributed by atoms with Gasteiger partial charge in [-0.2, -0.15) is 5.11 Å². The molecule has 0 atom stereocenters. The second kappa shape index (κ2) is 8.19. The molecule has 0 aliphatic heterocycles. The monoisotopic (exact) mass is 417 g/mol. The highest BCUT2D eigenvalue weighted by Gasteiger charge is 2.14. The summed E-state index contributed by atoms with van der Waals surface area (Å²) in [5, 5.41) is 8.10. The van der Waals surface area contributed by atoms with Crippen molar-refractivity contribution in [2.75, 3.05) is 16.7 Å². The molecular weight excluding hydrogens is 402 g/mol. The molecule has 0 spiro atoms. The molecule has 12 heteroatoms. The van der Waals surface area contributed by atoms with Gasteiger partial charge in [-0.05, 0) is 42.7 Å². The van der Waals surface area contributed by atoms with Gasteiger partial charge in [0, 0.05) is 6.20 Å². The molecule has 4 N–H and O–H groups in total. The van der Waals surface area contributed by atoms with E-state index in [9.17, 15) is 13.2 Å². The minimum Gasteiger partial charge on any atom is -0.382 e. The van der Waals surface area contributed by atoms with Crippen molar-refractivity contribution in [1.29, 1.82) is 0 Å². The number of H-pyrrole nitrogens is 1. The van der Waals surface area contributed by atoms with E-state index in [1.807, 2.05) is 0 Å². The van der Waals surface area contributed by atoms with Crippen LogP contribution in [0.3, 0.4) is 0 Å². The number of nitrogens with zero attached hydrogens (tertiary/aromatic N) is 4. The lowest BCUT2D eigenvalue weighted by molar-refractivity contribution is 0.601. The molecule has 0 amide bonds. The maximum atomic E-state index is 12.4. The van der Waals surface area contributed by atoms with E-state index in [4.69, 9.17) is 5.73 Å². The van der Waals surface area contributed by atoms with Crippen molar-refractivity contribution < 1.29 is 8.42 Å². The molecule has 0 saturated heterocycles. The molecule has 1 aromatic carbocycles. The first-order chi connectivity index (χ1) is 13.4. The van der Waals surface area contributed by atoms with Gasteiger partial charge in [0.25, 0.3) is 15.6 Å². The molecule has 2 heterocycles. The van der Waals surface area contributed by atoms with Crippen LogP contribution in [0.15, 0.2) is 73.7 Å². The molecule has 28 heavy (non-hydrogen) atoms. The second-order valence-electron chi connectivity index (χ2n) is 5.32. The number of nitrogens with two attached hydrogens (primary N) is 1. The third kappa shape index (κ3) is 4.53. The third-order valence-electron chi connectivity index (χ3n) is 3.41. The lowest BCUT2D eigenvalue weighted by Crippen LogP contribution is -2.13. The summed E-state index contributed by atoms with van der Waals surface area (Å²) in [4.78, 5) is 22.4. The third-order valence-corrected chi connectivity index (χ3v) is 5.36. The number of pyridine rings is 1. The largest absolute Gasteiger partial charge is 0.382 e. The zero-order valence-electron chi connectivity index (χ0n) is 14.5. The molecule has 0 bridgehead atoms. The van der Waals surface area contributed by atoms with Gasteiger partial charge in [0.05, 0.1) is 10.6 Å². The van der Waals surface area contributed by atoms with E-state index in [1.165, 1.54) is 42.2 Å². The molecule has 0 fully saturated rings. The summed E-state index contributed by atoms with van der Waals surface area (Å²) in [6, 6.07) is 10.5. The van der Waals surface area contributed by atoms with Gasteiger partial charge in [0.1, 0.15) is 5.82 Å². The average Bonchev–Trinajstić information content (AvgIpc) is 2.68. The van der Waals surface area contributed by atoms with Gasteiger partial charge < -0.3 is 5.73 Å². The number of benzene rings is 1. The van der Waals surface area contributed by atoms with Gasteiger partial charge in [0.15, 0.2) is 16.7 Å². The number of nitrogens with one attached hydrogen (secondary N) is 2. The Labute approximate surface area is 164 Å². The van der Waals surface area contributed by atoms with Crippen molar-refractivity contribution in [2.24, 2.45) is 10.2 Å². The maximum Gasteiger partial charge on any atom is 0.281 e. The van der Waals surface area contributed by atoms with Crippen LogP contribution in [-0.2, 0) is 10.0 Å². The van der Waals surface area contributed by atoms with Gasteiger partial charge in [0.2, 0.25) is 0 Å². The summed E-state index contributed by atoms with van der Waals surface area (Å²) in [5.74, 6) is 0.165. The molecular formula is C16H15N7O3S2. The van der Waals surface area contributed by atoms with E-state index in [-0.39, 0.29) is 22.2 Å². The zero-order chi connectivity index (χ0) is 20.1. The molecule has 3 aromatic rings. The van der Waals surface area contributed by atoms with Crippen LogP contribution in [0.4, 0.5) is 23.0 Å². The molecule has 0 saturated carbocycles. The van der Waals surface area contributed by atoms with Crippen LogP contribution in [0.1, 0.15) is 0 Å². The van der Waals surface area contributed by atoms with Crippen LogP contribution < -0.4 is 16.0 Å². The molecule has 2 aromatic heterocycles. The summed E-state index contributed by atoms with van der Waals surface area (Å²) in [6.45, 7) is 0. The minimum absolute atomic E-state index is 0.0282. The van der Waals surface area contributed by atoms with Crippen molar-refractivity contribution in [3.8, 4) is 0 Å². The highest BCUT2D eigenvalue weighted by atomic mass is 32.2. The van der Waals surface area contributed by atoms with Crippen LogP contribution in [0.2, 0.25) is 0 Å². The van der Waals surface area contributed by atoms with E-state index < -0.39 is 15.6 Å². The molecule has 0 unspecified atom stereocenters. The number of hydrogen-bond donors (Lipinski definition) is 3. The van der Waals surface area contributed by atoms with Gasteiger partial charge in [-0.1, -0.05) is 17.8 Å². The quantitative estimate of drug-likeness (QED) is 0.316. The highest BCUT2D eigenvalue weighted by Crippen LogP contribution is 2.22. The van der Waals surface area contributed by atoms with Crippen molar-refractivity contribution >= 4 is 44.8 Å². The SMILES string of the molecule is CSc1nc(N)c(N=Nc2ccc(S(=O)(=O)Nc3ccccn3)cc2)c(=O)[nH]1. The summed E-state index contributed by atoms with van der Waals surface area (Å²) in [5.41, 5.74) is 5.43. The Balaban J connectivity index is 1.80. The van der Waals surface area contributed by atoms with Gasteiger partial charge in [-0.3, -0.25) is 14.5 Å². The Hall–Kier alpha value is -3.25. The number of hydrogen-bond acceptors (Lipinski definition) is 9. The number of anilines is 2. The van der Waals surface area contributed by atoms with Gasteiger partial charge in [-0.25, -0.2) is 18.4 Å². The van der Waals surface area contributed by atoms with Crippen LogP contribution in [0.25, 0.3) is 0 Å². The van der Waals surface area contributed by atoms with Crippen molar-refractivity contribution in [3.05, 3.63) is 59.0 Å². The summed E-state index contributed by atoms with van der Waals surface area (Å²) < 4.78 is 27.1. The zero-order valence-corrected chi connectivity index (χ0v) is 16.2. The van der Waals surface area contributed by atoms with Crippen LogP contribution >= 0.6 is 11.8 Å². The van der Waals surface area contributed by atoms with E-state index in [1.54, 1.807) is 24.5 Å². The average molecular weight is 417 g/mol. The van der Waals surface area contributed by atoms with E-state index in [0.717, 1.165) is 0 Å². The summed E-state index contributed by atoms with van der Waals surface area (Å²) in [7, 11) is -3.79. The predicted molar refractivity (Wildman–Crippen MR) is 107 cm³/mol. The van der Waals surface area contributed by atoms with Gasteiger partial charge in [-0.15, -0.1) is 5.11 Å². The predicted octanol–water partition coefficient (Wildman–Crippen LogP) is 2.69. The first-order valence-corrected chi connectivity index (χ1v) is 10.5. The van der Waals surface area contributed by atoms with Crippen LogP contribution in [-0.4, -0.2) is 29.6 Å².